The van der Waals surface area contributed by atoms with Crippen molar-refractivity contribution in [3.8, 4) is 0 Å². The smallest absolute Gasteiger partial charge is 0.326 e. The van der Waals surface area contributed by atoms with E-state index in [1.807, 2.05) is 6.07 Å². The van der Waals surface area contributed by atoms with E-state index >= 15 is 0 Å². The summed E-state index contributed by atoms with van der Waals surface area (Å²) in [6.07, 6.45) is -0.875. The number of amides is 1. The Morgan fingerprint density at radius 3 is 2.37 bits per heavy atom. The van der Waals surface area contributed by atoms with Gasteiger partial charge in [0.05, 0.1) is 6.10 Å². The largest absolute Gasteiger partial charge is 0.480 e. The Hall–Kier alpha value is -1.92. The molecule has 0 heterocycles. The number of nitrogens with two attached hydrogens (primary N) is 1. The number of carbonyl (C=O) groups excluding carboxylic acids is 1. The third kappa shape index (κ3) is 4.69. The predicted octanol–water partition coefficient (Wildman–Crippen LogP) is -0.493. The molecule has 0 spiro atoms. The quantitative estimate of drug-likeness (QED) is 0.555. The number of rotatable bonds is 6. The summed E-state index contributed by atoms with van der Waals surface area (Å²) in [6, 6.07) is 6.74. The van der Waals surface area contributed by atoms with E-state index < -0.39 is 30.1 Å². The first-order valence-electron chi connectivity index (χ1n) is 5.92. The molecule has 0 aliphatic carbocycles. The maximum atomic E-state index is 11.6. The van der Waals surface area contributed by atoms with Gasteiger partial charge in [-0.05, 0) is 12.5 Å². The number of carboxylic acids is 1. The molecule has 0 aliphatic heterocycles. The highest BCUT2D eigenvalue weighted by Crippen LogP contribution is 2.04. The van der Waals surface area contributed by atoms with Crippen LogP contribution in [0.15, 0.2) is 30.3 Å². The molecule has 0 aliphatic rings. The number of aliphatic carboxylic acids is 1. The maximum absolute atomic E-state index is 11.6. The number of hydrogen-bond donors (Lipinski definition) is 4. The van der Waals surface area contributed by atoms with Gasteiger partial charge in [-0.1, -0.05) is 30.3 Å². The molecule has 0 fully saturated rings. The van der Waals surface area contributed by atoms with Gasteiger partial charge < -0.3 is 21.3 Å². The van der Waals surface area contributed by atoms with Crippen LogP contribution >= 0.6 is 0 Å². The van der Waals surface area contributed by atoms with Crippen molar-refractivity contribution >= 4 is 11.9 Å². The van der Waals surface area contributed by atoms with Crippen LogP contribution in [0.25, 0.3) is 0 Å². The summed E-state index contributed by atoms with van der Waals surface area (Å²) in [4.78, 5) is 22.7. The lowest BCUT2D eigenvalue weighted by atomic mass is 10.1. The minimum atomic E-state index is -1.14. The van der Waals surface area contributed by atoms with Crippen LogP contribution < -0.4 is 11.1 Å². The molecule has 0 saturated carbocycles. The first-order chi connectivity index (χ1) is 8.91. The molecule has 3 atom stereocenters. The number of aliphatic hydroxyl groups is 1. The molecule has 1 amide bonds. The van der Waals surface area contributed by atoms with Crippen LogP contribution in [0.2, 0.25) is 0 Å². The molecule has 19 heavy (non-hydrogen) atoms. The van der Waals surface area contributed by atoms with Crippen LogP contribution in [0.3, 0.4) is 0 Å². The lowest BCUT2D eigenvalue weighted by Crippen LogP contribution is -2.52. The highest BCUT2D eigenvalue weighted by molar-refractivity contribution is 5.87. The van der Waals surface area contributed by atoms with Crippen LogP contribution in [0.1, 0.15) is 12.5 Å². The van der Waals surface area contributed by atoms with Crippen molar-refractivity contribution in [2.75, 3.05) is 0 Å². The van der Waals surface area contributed by atoms with Crippen molar-refractivity contribution in [2.24, 2.45) is 5.73 Å². The molecule has 0 bridgehead atoms. The number of hydrogen-bond acceptors (Lipinski definition) is 4. The second kappa shape index (κ2) is 6.86. The zero-order valence-electron chi connectivity index (χ0n) is 10.6. The molecule has 0 saturated heterocycles. The van der Waals surface area contributed by atoms with Crippen molar-refractivity contribution in [3.63, 3.8) is 0 Å². The van der Waals surface area contributed by atoms with Gasteiger partial charge in [-0.25, -0.2) is 4.79 Å². The molecule has 6 heteroatoms. The third-order valence-corrected chi connectivity index (χ3v) is 2.72. The Labute approximate surface area is 111 Å². The van der Waals surface area contributed by atoms with Gasteiger partial charge in [0.25, 0.3) is 0 Å². The van der Waals surface area contributed by atoms with E-state index in [0.717, 1.165) is 5.56 Å². The predicted molar refractivity (Wildman–Crippen MR) is 69.4 cm³/mol. The Bertz CT molecular complexity index is 434. The minimum absolute atomic E-state index is 0.161. The van der Waals surface area contributed by atoms with Gasteiger partial charge in [0.15, 0.2) is 0 Å². The summed E-state index contributed by atoms with van der Waals surface area (Å²) in [6.45, 7) is 1.37. The zero-order valence-corrected chi connectivity index (χ0v) is 10.6. The van der Waals surface area contributed by atoms with Crippen LogP contribution in [-0.4, -0.2) is 40.3 Å². The minimum Gasteiger partial charge on any atom is -0.480 e. The van der Waals surface area contributed by atoms with Crippen LogP contribution in [0.5, 0.6) is 0 Å². The summed E-state index contributed by atoms with van der Waals surface area (Å²) >= 11 is 0. The average Bonchev–Trinajstić information content (AvgIpc) is 2.37. The Balaban J connectivity index is 2.69. The first-order valence-corrected chi connectivity index (χ1v) is 5.92. The second-order valence-corrected chi connectivity index (χ2v) is 4.36. The summed E-state index contributed by atoms with van der Waals surface area (Å²) in [5.74, 6) is -1.83. The van der Waals surface area contributed by atoms with Crippen molar-refractivity contribution in [3.05, 3.63) is 35.9 Å². The number of nitrogens with one attached hydrogen (secondary N) is 1. The van der Waals surface area contributed by atoms with E-state index in [0.29, 0.717) is 0 Å². The lowest BCUT2D eigenvalue weighted by Gasteiger charge is -2.19. The lowest BCUT2D eigenvalue weighted by molar-refractivity contribution is -0.142. The SMILES string of the molecule is C[C@H](O)[C@H](N)C(=O)N[C@@H](Cc1ccccc1)C(=O)O. The van der Waals surface area contributed by atoms with E-state index in [-0.39, 0.29) is 6.42 Å². The molecule has 1 aromatic rings. The molecule has 104 valence electrons. The normalized spacial score (nSPS) is 15.3. The second-order valence-electron chi connectivity index (χ2n) is 4.36. The van der Waals surface area contributed by atoms with Gasteiger partial charge in [0.2, 0.25) is 5.91 Å². The van der Waals surface area contributed by atoms with E-state index in [1.165, 1.54) is 6.92 Å². The number of carbonyl (C=O) groups is 2. The van der Waals surface area contributed by atoms with Gasteiger partial charge in [0, 0.05) is 6.42 Å². The van der Waals surface area contributed by atoms with Gasteiger partial charge in [0.1, 0.15) is 12.1 Å². The number of carboxylic acid groups (broad SMARTS) is 1. The van der Waals surface area contributed by atoms with E-state index in [9.17, 15) is 14.7 Å². The van der Waals surface area contributed by atoms with Crippen molar-refractivity contribution < 1.29 is 19.8 Å². The number of benzene rings is 1. The Kier molecular flexibility index (Phi) is 5.47. The van der Waals surface area contributed by atoms with Crippen molar-refractivity contribution in [1.82, 2.24) is 5.32 Å². The molecule has 0 unspecified atom stereocenters. The zero-order chi connectivity index (χ0) is 14.4. The van der Waals surface area contributed by atoms with Gasteiger partial charge in [-0.15, -0.1) is 0 Å². The summed E-state index contributed by atoms with van der Waals surface area (Å²) in [5, 5.41) is 20.6. The fraction of sp³-hybridized carbons (Fsp3) is 0.385. The molecule has 1 aromatic carbocycles. The topological polar surface area (TPSA) is 113 Å². The average molecular weight is 266 g/mol. The Morgan fingerprint density at radius 1 is 1.32 bits per heavy atom. The molecule has 0 radical (unpaired) electrons. The van der Waals surface area contributed by atoms with E-state index in [1.54, 1.807) is 24.3 Å². The van der Waals surface area contributed by atoms with Crippen molar-refractivity contribution in [1.29, 1.82) is 0 Å². The van der Waals surface area contributed by atoms with Crippen LogP contribution in [0.4, 0.5) is 0 Å². The summed E-state index contributed by atoms with van der Waals surface area (Å²) in [5.41, 5.74) is 6.24. The third-order valence-electron chi connectivity index (χ3n) is 2.72. The molecular weight excluding hydrogens is 248 g/mol. The van der Waals surface area contributed by atoms with Gasteiger partial charge in [-0.3, -0.25) is 4.79 Å². The van der Waals surface area contributed by atoms with Crippen LogP contribution in [0, 0.1) is 0 Å². The first kappa shape index (κ1) is 15.1. The van der Waals surface area contributed by atoms with E-state index in [4.69, 9.17) is 10.8 Å². The van der Waals surface area contributed by atoms with E-state index in [2.05, 4.69) is 5.32 Å². The molecule has 5 N–H and O–H groups in total. The van der Waals surface area contributed by atoms with Crippen molar-refractivity contribution in [2.45, 2.75) is 31.5 Å². The summed E-state index contributed by atoms with van der Waals surface area (Å²) in [7, 11) is 0. The highest BCUT2D eigenvalue weighted by atomic mass is 16.4. The molecular formula is C13H18N2O4. The highest BCUT2D eigenvalue weighted by Gasteiger charge is 2.25. The number of aliphatic hydroxyl groups excluding tert-OH is 1. The molecule has 0 aromatic heterocycles. The monoisotopic (exact) mass is 266 g/mol. The fourth-order valence-corrected chi connectivity index (χ4v) is 1.54. The molecule has 6 nitrogen and oxygen atoms in total. The fourth-order valence-electron chi connectivity index (χ4n) is 1.54. The van der Waals surface area contributed by atoms with Crippen LogP contribution in [-0.2, 0) is 16.0 Å². The molecule has 1 rings (SSSR count). The standard InChI is InChI=1S/C13H18N2O4/c1-8(16)11(14)12(17)15-10(13(18)19)7-9-5-3-2-4-6-9/h2-6,8,10-11,16H,7,14H2,1H3,(H,15,17)(H,18,19)/t8-,10-,11-/m0/s1. The maximum Gasteiger partial charge on any atom is 0.326 e. The van der Waals surface area contributed by atoms with Gasteiger partial charge >= 0.3 is 5.97 Å². The Morgan fingerprint density at radius 2 is 1.89 bits per heavy atom. The summed E-state index contributed by atoms with van der Waals surface area (Å²) < 4.78 is 0. The van der Waals surface area contributed by atoms with Gasteiger partial charge in [-0.2, -0.15) is 0 Å².